The third kappa shape index (κ3) is 3.07. The molecule has 1 aliphatic heterocycles. The minimum absolute atomic E-state index is 0.00273. The molecule has 6 heteroatoms. The number of nitrogens with zero attached hydrogens (tertiary/aromatic N) is 1. The van der Waals surface area contributed by atoms with Gasteiger partial charge in [0.15, 0.2) is 0 Å². The van der Waals surface area contributed by atoms with Gasteiger partial charge in [-0.25, -0.2) is 13.1 Å². The highest BCUT2D eigenvalue weighted by Gasteiger charge is 2.33. The lowest BCUT2D eigenvalue weighted by Crippen LogP contribution is -2.35. The molecular formula is C19H20N2O3S. The Balaban J connectivity index is 1.66. The van der Waals surface area contributed by atoms with Crippen molar-refractivity contribution in [2.75, 3.05) is 4.90 Å². The first-order valence-corrected chi connectivity index (χ1v) is 9.98. The van der Waals surface area contributed by atoms with Gasteiger partial charge in [-0.1, -0.05) is 18.2 Å². The molecule has 2 aliphatic rings. The van der Waals surface area contributed by atoms with E-state index in [1.165, 1.54) is 0 Å². The van der Waals surface area contributed by atoms with Crippen molar-refractivity contribution in [2.45, 2.75) is 43.2 Å². The number of hydrogen-bond acceptors (Lipinski definition) is 3. The molecule has 1 heterocycles. The van der Waals surface area contributed by atoms with Gasteiger partial charge in [0, 0.05) is 23.3 Å². The van der Waals surface area contributed by atoms with Crippen LogP contribution >= 0.6 is 0 Å². The molecule has 2 aromatic carbocycles. The largest absolute Gasteiger partial charge is 0.305 e. The van der Waals surface area contributed by atoms with Gasteiger partial charge in [-0.05, 0) is 62.1 Å². The molecule has 1 aliphatic carbocycles. The summed E-state index contributed by atoms with van der Waals surface area (Å²) in [6, 6.07) is 14.3. The van der Waals surface area contributed by atoms with Crippen molar-refractivity contribution >= 4 is 21.6 Å². The fourth-order valence-corrected chi connectivity index (χ4v) is 4.65. The SMILES string of the molecule is C[C@@H]1Cc2cc(S(=O)(=O)NC3CC3)ccc2N1C(=O)c1ccccc1. The van der Waals surface area contributed by atoms with Crippen LogP contribution < -0.4 is 9.62 Å². The lowest BCUT2D eigenvalue weighted by atomic mass is 10.1. The van der Waals surface area contributed by atoms with Crippen molar-refractivity contribution in [3.8, 4) is 0 Å². The molecule has 1 atom stereocenters. The average molecular weight is 356 g/mol. The van der Waals surface area contributed by atoms with Crippen LogP contribution in [0.5, 0.6) is 0 Å². The monoisotopic (exact) mass is 356 g/mol. The Morgan fingerprint density at radius 2 is 1.84 bits per heavy atom. The van der Waals surface area contributed by atoms with Crippen LogP contribution in [0.3, 0.4) is 0 Å². The van der Waals surface area contributed by atoms with E-state index in [0.29, 0.717) is 12.0 Å². The smallest absolute Gasteiger partial charge is 0.258 e. The van der Waals surface area contributed by atoms with Gasteiger partial charge in [0.25, 0.3) is 5.91 Å². The van der Waals surface area contributed by atoms with Gasteiger partial charge in [-0.15, -0.1) is 0 Å². The molecule has 4 rings (SSSR count). The maximum absolute atomic E-state index is 12.9. The second-order valence-electron chi connectivity index (χ2n) is 6.78. The van der Waals surface area contributed by atoms with E-state index in [0.717, 1.165) is 24.1 Å². The number of fused-ring (bicyclic) bond motifs is 1. The first-order chi connectivity index (χ1) is 12.0. The standard InChI is InChI=1S/C19H20N2O3S/c1-13-11-15-12-17(25(23,24)20-16-7-8-16)9-10-18(15)21(13)19(22)14-5-3-2-4-6-14/h2-6,9-10,12-13,16,20H,7-8,11H2,1H3/t13-/m1/s1. The van der Waals surface area contributed by atoms with E-state index in [4.69, 9.17) is 0 Å². The summed E-state index contributed by atoms with van der Waals surface area (Å²) in [4.78, 5) is 14.9. The van der Waals surface area contributed by atoms with Crippen LogP contribution in [0.15, 0.2) is 53.4 Å². The lowest BCUT2D eigenvalue weighted by Gasteiger charge is -2.23. The highest BCUT2D eigenvalue weighted by atomic mass is 32.2. The highest BCUT2D eigenvalue weighted by Crippen LogP contribution is 2.35. The highest BCUT2D eigenvalue weighted by molar-refractivity contribution is 7.89. The minimum atomic E-state index is -3.48. The lowest BCUT2D eigenvalue weighted by molar-refractivity contribution is 0.0981. The van der Waals surface area contributed by atoms with Crippen LogP contribution in [0.4, 0.5) is 5.69 Å². The van der Waals surface area contributed by atoms with Crippen LogP contribution in [-0.2, 0) is 16.4 Å². The number of carbonyl (C=O) groups is 1. The summed E-state index contributed by atoms with van der Waals surface area (Å²) in [6.45, 7) is 1.98. The Morgan fingerprint density at radius 3 is 2.52 bits per heavy atom. The first-order valence-electron chi connectivity index (χ1n) is 8.49. The Morgan fingerprint density at radius 1 is 1.12 bits per heavy atom. The third-order valence-corrected chi connectivity index (χ3v) is 6.23. The van der Waals surface area contributed by atoms with E-state index in [1.54, 1.807) is 35.2 Å². The molecule has 0 radical (unpaired) electrons. The number of benzene rings is 2. The summed E-state index contributed by atoms with van der Waals surface area (Å²) < 4.78 is 27.5. The zero-order chi connectivity index (χ0) is 17.6. The molecule has 1 fully saturated rings. The average Bonchev–Trinajstić information content (AvgIpc) is 3.33. The summed E-state index contributed by atoms with van der Waals surface area (Å²) in [6.07, 6.45) is 2.46. The summed E-state index contributed by atoms with van der Waals surface area (Å²) >= 11 is 0. The number of hydrogen-bond donors (Lipinski definition) is 1. The molecule has 1 saturated carbocycles. The molecular weight excluding hydrogens is 336 g/mol. The van der Waals surface area contributed by atoms with E-state index in [9.17, 15) is 13.2 Å². The second-order valence-corrected chi connectivity index (χ2v) is 8.49. The van der Waals surface area contributed by atoms with E-state index in [-0.39, 0.29) is 22.9 Å². The van der Waals surface area contributed by atoms with E-state index < -0.39 is 10.0 Å². The van der Waals surface area contributed by atoms with Crippen LogP contribution in [0.1, 0.15) is 35.7 Å². The van der Waals surface area contributed by atoms with Crippen molar-refractivity contribution in [1.82, 2.24) is 4.72 Å². The Labute approximate surface area is 147 Å². The number of amides is 1. The Kier molecular flexibility index (Phi) is 3.89. The van der Waals surface area contributed by atoms with Gasteiger partial charge in [-0.3, -0.25) is 4.79 Å². The van der Waals surface area contributed by atoms with E-state index >= 15 is 0 Å². The van der Waals surface area contributed by atoms with Crippen molar-refractivity contribution < 1.29 is 13.2 Å². The summed E-state index contributed by atoms with van der Waals surface area (Å²) in [5.74, 6) is -0.0569. The fourth-order valence-electron chi connectivity index (χ4n) is 3.29. The molecule has 5 nitrogen and oxygen atoms in total. The molecule has 0 aromatic heterocycles. The first kappa shape index (κ1) is 16.3. The van der Waals surface area contributed by atoms with Gasteiger partial charge in [0.2, 0.25) is 10.0 Å². The van der Waals surface area contributed by atoms with E-state index in [1.807, 2.05) is 25.1 Å². The van der Waals surface area contributed by atoms with Gasteiger partial charge in [0.1, 0.15) is 0 Å². The zero-order valence-corrected chi connectivity index (χ0v) is 14.8. The predicted molar refractivity (Wildman–Crippen MR) is 96.2 cm³/mol. The Hall–Kier alpha value is -2.18. The van der Waals surface area contributed by atoms with Crippen molar-refractivity contribution in [3.63, 3.8) is 0 Å². The number of anilines is 1. The number of nitrogens with one attached hydrogen (secondary N) is 1. The third-order valence-electron chi connectivity index (χ3n) is 4.72. The normalized spacial score (nSPS) is 19.7. The number of rotatable bonds is 4. The molecule has 2 aromatic rings. The fraction of sp³-hybridized carbons (Fsp3) is 0.316. The Bertz CT molecular complexity index is 921. The molecule has 25 heavy (non-hydrogen) atoms. The van der Waals surface area contributed by atoms with Crippen LogP contribution in [0.2, 0.25) is 0 Å². The van der Waals surface area contributed by atoms with Crippen molar-refractivity contribution in [3.05, 3.63) is 59.7 Å². The molecule has 0 spiro atoms. The predicted octanol–water partition coefficient (Wildman–Crippen LogP) is 2.72. The number of carbonyl (C=O) groups excluding carboxylic acids is 1. The van der Waals surface area contributed by atoms with Crippen LogP contribution in [-0.4, -0.2) is 26.4 Å². The van der Waals surface area contributed by atoms with Gasteiger partial charge < -0.3 is 4.90 Å². The molecule has 1 N–H and O–H groups in total. The summed E-state index contributed by atoms with van der Waals surface area (Å²) in [7, 11) is -3.48. The number of sulfonamides is 1. The summed E-state index contributed by atoms with van der Waals surface area (Å²) in [5, 5.41) is 0. The van der Waals surface area contributed by atoms with Gasteiger partial charge in [0.05, 0.1) is 4.90 Å². The van der Waals surface area contributed by atoms with Crippen molar-refractivity contribution in [1.29, 1.82) is 0 Å². The molecule has 0 bridgehead atoms. The zero-order valence-electron chi connectivity index (χ0n) is 14.0. The molecule has 1 amide bonds. The minimum Gasteiger partial charge on any atom is -0.305 e. The van der Waals surface area contributed by atoms with Gasteiger partial charge in [-0.2, -0.15) is 0 Å². The van der Waals surface area contributed by atoms with Crippen LogP contribution in [0, 0.1) is 0 Å². The summed E-state index contributed by atoms with van der Waals surface area (Å²) in [5.41, 5.74) is 2.33. The maximum Gasteiger partial charge on any atom is 0.258 e. The second kappa shape index (κ2) is 5.97. The molecule has 130 valence electrons. The van der Waals surface area contributed by atoms with E-state index in [2.05, 4.69) is 4.72 Å². The van der Waals surface area contributed by atoms with Crippen molar-refractivity contribution in [2.24, 2.45) is 0 Å². The quantitative estimate of drug-likeness (QED) is 0.916. The maximum atomic E-state index is 12.9. The van der Waals surface area contributed by atoms with Crippen LogP contribution in [0.25, 0.3) is 0 Å². The molecule has 0 saturated heterocycles. The topological polar surface area (TPSA) is 66.5 Å². The van der Waals surface area contributed by atoms with Gasteiger partial charge >= 0.3 is 0 Å². The molecule has 0 unspecified atom stereocenters.